The second kappa shape index (κ2) is 7.49. The van der Waals surface area contributed by atoms with Gasteiger partial charge in [-0.15, -0.1) is 0 Å². The molecule has 1 aliphatic carbocycles. The Balaban J connectivity index is 1.52. The van der Waals surface area contributed by atoms with Gasteiger partial charge in [0.05, 0.1) is 18.2 Å². The van der Waals surface area contributed by atoms with Gasteiger partial charge in [0.2, 0.25) is 11.9 Å². The highest BCUT2D eigenvalue weighted by Crippen LogP contribution is 2.40. The Morgan fingerprint density at radius 3 is 2.68 bits per heavy atom. The van der Waals surface area contributed by atoms with E-state index in [0.717, 1.165) is 48.7 Å². The zero-order chi connectivity index (χ0) is 19.7. The summed E-state index contributed by atoms with van der Waals surface area (Å²) in [6.45, 7) is 6.46. The van der Waals surface area contributed by atoms with E-state index >= 15 is 0 Å². The molecule has 6 heteroatoms. The van der Waals surface area contributed by atoms with Crippen molar-refractivity contribution in [1.29, 1.82) is 0 Å². The molecule has 1 N–H and O–H groups in total. The molecule has 1 aromatic carbocycles. The topological polar surface area (TPSA) is 58.1 Å². The molecule has 1 atom stereocenters. The predicted octanol–water partition coefficient (Wildman–Crippen LogP) is 3.59. The van der Waals surface area contributed by atoms with Crippen molar-refractivity contribution in [2.75, 3.05) is 18.0 Å². The maximum Gasteiger partial charge on any atom is 0.225 e. The number of nitrogens with one attached hydrogen (secondary N) is 1. The summed E-state index contributed by atoms with van der Waals surface area (Å²) in [5, 5.41) is 3.16. The fourth-order valence-electron chi connectivity index (χ4n) is 4.27. The second-order valence-electron chi connectivity index (χ2n) is 8.73. The van der Waals surface area contributed by atoms with Gasteiger partial charge in [0.15, 0.2) is 0 Å². The number of anilines is 1. The molecule has 0 saturated carbocycles. The third-order valence-electron chi connectivity index (χ3n) is 5.67. The molecule has 2 aliphatic rings. The zero-order valence-electron chi connectivity index (χ0n) is 16.5. The molecule has 148 valence electrons. The monoisotopic (exact) mass is 382 g/mol. The molecule has 0 unspecified atom stereocenters. The van der Waals surface area contributed by atoms with Gasteiger partial charge in [-0.25, -0.2) is 14.4 Å². The lowest BCUT2D eigenvalue weighted by Gasteiger charge is -2.36. The van der Waals surface area contributed by atoms with Gasteiger partial charge in [-0.3, -0.25) is 4.79 Å². The van der Waals surface area contributed by atoms with Crippen LogP contribution in [0.5, 0.6) is 0 Å². The number of hydrogen-bond donors (Lipinski definition) is 1. The highest BCUT2D eigenvalue weighted by Gasteiger charge is 2.35. The zero-order valence-corrected chi connectivity index (χ0v) is 16.5. The Morgan fingerprint density at radius 2 is 1.96 bits per heavy atom. The first kappa shape index (κ1) is 18.8. The first-order valence-electron chi connectivity index (χ1n) is 10.0. The van der Waals surface area contributed by atoms with Crippen molar-refractivity contribution in [3.63, 3.8) is 0 Å². The smallest absolute Gasteiger partial charge is 0.225 e. The molecule has 2 aromatic rings. The van der Waals surface area contributed by atoms with Crippen LogP contribution in [-0.2, 0) is 17.6 Å². The van der Waals surface area contributed by atoms with Crippen LogP contribution in [-0.4, -0.2) is 29.0 Å². The number of amides is 1. The van der Waals surface area contributed by atoms with Gasteiger partial charge in [0.1, 0.15) is 5.82 Å². The molecular formula is C22H27FN4O. The number of benzene rings is 1. The Labute approximate surface area is 165 Å². The molecular weight excluding hydrogens is 355 g/mol. The number of nitrogens with zero attached hydrogens (tertiary/aromatic N) is 3. The van der Waals surface area contributed by atoms with E-state index in [1.165, 1.54) is 25.0 Å². The Kier molecular flexibility index (Phi) is 5.04. The van der Waals surface area contributed by atoms with Gasteiger partial charge in [0, 0.05) is 24.8 Å². The second-order valence-corrected chi connectivity index (χ2v) is 8.73. The van der Waals surface area contributed by atoms with E-state index in [1.54, 1.807) is 12.1 Å². The van der Waals surface area contributed by atoms with Crippen LogP contribution in [0.25, 0.3) is 0 Å². The van der Waals surface area contributed by atoms with E-state index in [2.05, 4.69) is 29.0 Å². The van der Waals surface area contributed by atoms with Crippen molar-refractivity contribution >= 4 is 11.9 Å². The highest BCUT2D eigenvalue weighted by molar-refractivity contribution is 5.79. The van der Waals surface area contributed by atoms with Crippen LogP contribution in [0.2, 0.25) is 0 Å². The normalized spacial score (nSPS) is 20.7. The number of rotatable bonds is 4. The predicted molar refractivity (Wildman–Crippen MR) is 107 cm³/mol. The molecule has 1 saturated heterocycles. The molecule has 1 aromatic heterocycles. The highest BCUT2D eigenvalue weighted by atomic mass is 19.1. The van der Waals surface area contributed by atoms with Crippen LogP contribution in [0.1, 0.15) is 56.0 Å². The van der Waals surface area contributed by atoms with Crippen molar-refractivity contribution in [2.24, 2.45) is 5.41 Å². The largest absolute Gasteiger partial charge is 0.349 e. The SMILES string of the molecule is CC1(C)Cc2nc(N3CCCC3)ncc2[C@H](NC(=O)Cc2ccc(F)cc2)C1. The molecule has 5 nitrogen and oxygen atoms in total. The lowest BCUT2D eigenvalue weighted by molar-refractivity contribution is -0.121. The van der Waals surface area contributed by atoms with Crippen molar-refractivity contribution in [2.45, 2.75) is 52.0 Å². The minimum absolute atomic E-state index is 0.0530. The van der Waals surface area contributed by atoms with E-state index in [-0.39, 0.29) is 29.6 Å². The van der Waals surface area contributed by atoms with Gasteiger partial charge >= 0.3 is 0 Å². The van der Waals surface area contributed by atoms with Gasteiger partial charge in [-0.05, 0) is 48.8 Å². The van der Waals surface area contributed by atoms with Crippen LogP contribution >= 0.6 is 0 Å². The Morgan fingerprint density at radius 1 is 1.25 bits per heavy atom. The molecule has 1 aliphatic heterocycles. The van der Waals surface area contributed by atoms with E-state index in [4.69, 9.17) is 4.98 Å². The van der Waals surface area contributed by atoms with Crippen molar-refractivity contribution in [3.05, 3.63) is 53.1 Å². The summed E-state index contributed by atoms with van der Waals surface area (Å²) in [6.07, 6.45) is 6.24. The third-order valence-corrected chi connectivity index (χ3v) is 5.67. The van der Waals surface area contributed by atoms with Crippen LogP contribution in [0.15, 0.2) is 30.5 Å². The van der Waals surface area contributed by atoms with Crippen molar-refractivity contribution < 1.29 is 9.18 Å². The molecule has 4 rings (SSSR count). The van der Waals surface area contributed by atoms with Crippen molar-refractivity contribution in [1.82, 2.24) is 15.3 Å². The summed E-state index contributed by atoms with van der Waals surface area (Å²) in [4.78, 5) is 24.3. The number of carbonyl (C=O) groups excluding carboxylic acids is 1. The molecule has 28 heavy (non-hydrogen) atoms. The average Bonchev–Trinajstić information content (AvgIpc) is 3.17. The number of halogens is 1. The maximum atomic E-state index is 13.1. The Bertz CT molecular complexity index is 859. The summed E-state index contributed by atoms with van der Waals surface area (Å²) in [5.41, 5.74) is 2.92. The summed E-state index contributed by atoms with van der Waals surface area (Å²) in [7, 11) is 0. The van der Waals surface area contributed by atoms with Gasteiger partial charge in [-0.2, -0.15) is 0 Å². The van der Waals surface area contributed by atoms with E-state index < -0.39 is 0 Å². The van der Waals surface area contributed by atoms with Crippen LogP contribution in [0.3, 0.4) is 0 Å². The lowest BCUT2D eigenvalue weighted by Crippen LogP contribution is -2.38. The quantitative estimate of drug-likeness (QED) is 0.878. The van der Waals surface area contributed by atoms with E-state index in [0.29, 0.717) is 0 Å². The minimum atomic E-state index is -0.293. The van der Waals surface area contributed by atoms with Crippen molar-refractivity contribution in [3.8, 4) is 0 Å². The van der Waals surface area contributed by atoms with Gasteiger partial charge in [-0.1, -0.05) is 26.0 Å². The van der Waals surface area contributed by atoms with E-state index in [1.807, 2.05) is 6.20 Å². The standard InChI is InChI=1S/C22H27FN4O/c1-22(2)12-18(25-20(28)11-15-5-7-16(23)8-6-15)17-14-24-21(26-19(17)13-22)27-9-3-4-10-27/h5-8,14,18H,3-4,9-13H2,1-2H3,(H,25,28)/t18-/m1/s1. The molecule has 1 amide bonds. The molecule has 0 spiro atoms. The van der Waals surface area contributed by atoms with Gasteiger partial charge < -0.3 is 10.2 Å². The van der Waals surface area contributed by atoms with Crippen LogP contribution in [0, 0.1) is 11.2 Å². The number of carbonyl (C=O) groups is 1. The molecule has 0 radical (unpaired) electrons. The summed E-state index contributed by atoms with van der Waals surface area (Å²) in [6, 6.07) is 5.97. The third kappa shape index (κ3) is 4.16. The molecule has 1 fully saturated rings. The summed E-state index contributed by atoms with van der Waals surface area (Å²) in [5.74, 6) is 0.451. The first-order chi connectivity index (χ1) is 13.4. The summed E-state index contributed by atoms with van der Waals surface area (Å²) >= 11 is 0. The van der Waals surface area contributed by atoms with E-state index in [9.17, 15) is 9.18 Å². The molecule has 2 heterocycles. The first-order valence-corrected chi connectivity index (χ1v) is 10.0. The maximum absolute atomic E-state index is 13.1. The Hall–Kier alpha value is -2.50. The van der Waals surface area contributed by atoms with Crippen LogP contribution in [0.4, 0.5) is 10.3 Å². The number of hydrogen-bond acceptors (Lipinski definition) is 4. The molecule has 0 bridgehead atoms. The van der Waals surface area contributed by atoms with Crippen LogP contribution < -0.4 is 10.2 Å². The van der Waals surface area contributed by atoms with Gasteiger partial charge in [0.25, 0.3) is 0 Å². The lowest BCUT2D eigenvalue weighted by atomic mass is 9.74. The minimum Gasteiger partial charge on any atom is -0.349 e. The fraction of sp³-hybridized carbons (Fsp3) is 0.500. The number of aromatic nitrogens is 2. The fourth-order valence-corrected chi connectivity index (χ4v) is 4.27. The summed E-state index contributed by atoms with van der Waals surface area (Å²) < 4.78 is 13.1. The average molecular weight is 382 g/mol. The number of fused-ring (bicyclic) bond motifs is 1.